The zero-order valence-corrected chi connectivity index (χ0v) is 21.4. The van der Waals surface area contributed by atoms with Crippen LogP contribution >= 0.6 is 27.3 Å². The van der Waals surface area contributed by atoms with Gasteiger partial charge in [0.15, 0.2) is 4.80 Å². The van der Waals surface area contributed by atoms with E-state index in [-0.39, 0.29) is 12.2 Å². The van der Waals surface area contributed by atoms with Gasteiger partial charge in [0, 0.05) is 16.1 Å². The maximum absolute atomic E-state index is 13.6. The van der Waals surface area contributed by atoms with Gasteiger partial charge in [0.05, 0.1) is 28.5 Å². The van der Waals surface area contributed by atoms with E-state index in [4.69, 9.17) is 9.15 Å². The lowest BCUT2D eigenvalue weighted by atomic mass is 9.96. The number of carbonyl (C=O) groups is 1. The Labute approximate surface area is 213 Å². The van der Waals surface area contributed by atoms with Gasteiger partial charge in [-0.05, 0) is 43.7 Å². The van der Waals surface area contributed by atoms with Gasteiger partial charge in [-0.25, -0.2) is 9.79 Å². The summed E-state index contributed by atoms with van der Waals surface area (Å²) in [5.41, 5.74) is 2.41. The van der Waals surface area contributed by atoms with Gasteiger partial charge in [0.2, 0.25) is 0 Å². The third-order valence-electron chi connectivity index (χ3n) is 5.64. The Morgan fingerprint density at radius 2 is 1.97 bits per heavy atom. The van der Waals surface area contributed by atoms with Crippen LogP contribution in [-0.2, 0) is 9.53 Å². The molecule has 2 aromatic heterocycles. The lowest BCUT2D eigenvalue weighted by Gasteiger charge is -2.24. The van der Waals surface area contributed by atoms with Gasteiger partial charge >= 0.3 is 5.97 Å². The van der Waals surface area contributed by atoms with Crippen molar-refractivity contribution in [1.82, 2.24) is 4.57 Å². The van der Waals surface area contributed by atoms with Crippen LogP contribution in [0.4, 0.5) is 0 Å². The number of fused-ring (bicyclic) bond motifs is 1. The fourth-order valence-electron chi connectivity index (χ4n) is 4.10. The van der Waals surface area contributed by atoms with Crippen molar-refractivity contribution >= 4 is 39.3 Å². The van der Waals surface area contributed by atoms with Crippen molar-refractivity contribution in [3.63, 3.8) is 0 Å². The van der Waals surface area contributed by atoms with Crippen LogP contribution in [0, 0.1) is 0 Å². The molecule has 0 N–H and O–H groups in total. The second-order valence-electron chi connectivity index (χ2n) is 7.93. The number of esters is 1. The van der Waals surface area contributed by atoms with E-state index in [2.05, 4.69) is 20.9 Å². The summed E-state index contributed by atoms with van der Waals surface area (Å²) < 4.78 is 14.3. The van der Waals surface area contributed by atoms with E-state index in [0.717, 1.165) is 15.6 Å². The standard InChI is InChI=1S/C27H21BrN2O4S/c1-3-33-26(32)23-16(2)29-27-30(24(23)17-8-5-4-6-9-17)25(31)22(35-27)15-20-12-13-21(34-20)18-10-7-11-19(28)14-18/h4-15,24H,3H2,1-2H3/b22-15-/t24-/m0/s1. The maximum Gasteiger partial charge on any atom is 0.338 e. The predicted molar refractivity (Wildman–Crippen MR) is 139 cm³/mol. The summed E-state index contributed by atoms with van der Waals surface area (Å²) >= 11 is 4.75. The van der Waals surface area contributed by atoms with Crippen LogP contribution in [0.15, 0.2) is 96.7 Å². The molecule has 4 aromatic rings. The summed E-state index contributed by atoms with van der Waals surface area (Å²) in [6, 6.07) is 20.4. The molecule has 0 amide bonds. The summed E-state index contributed by atoms with van der Waals surface area (Å²) in [4.78, 5) is 31.6. The first-order valence-corrected chi connectivity index (χ1v) is 12.7. The number of nitrogens with zero attached hydrogens (tertiary/aromatic N) is 2. The molecule has 1 aliphatic heterocycles. The van der Waals surface area contributed by atoms with E-state index < -0.39 is 12.0 Å². The Morgan fingerprint density at radius 1 is 1.17 bits per heavy atom. The molecule has 35 heavy (non-hydrogen) atoms. The number of carbonyl (C=O) groups excluding carboxylic acids is 1. The van der Waals surface area contributed by atoms with Crippen LogP contribution in [0.25, 0.3) is 17.4 Å². The maximum atomic E-state index is 13.6. The SMILES string of the molecule is CCOC(=O)C1=C(C)N=c2s/c(=C\c3ccc(-c4cccc(Br)c4)o3)c(=O)n2[C@H]1c1ccccc1. The largest absolute Gasteiger partial charge is 0.463 e. The number of allylic oxidation sites excluding steroid dienone is 1. The molecule has 0 saturated carbocycles. The number of hydrogen-bond acceptors (Lipinski definition) is 6. The van der Waals surface area contributed by atoms with Crippen LogP contribution in [-0.4, -0.2) is 17.1 Å². The molecule has 0 bridgehead atoms. The summed E-state index contributed by atoms with van der Waals surface area (Å²) in [6.45, 7) is 3.77. The van der Waals surface area contributed by atoms with Gasteiger partial charge in [-0.3, -0.25) is 9.36 Å². The van der Waals surface area contributed by atoms with Crippen molar-refractivity contribution in [3.8, 4) is 11.3 Å². The van der Waals surface area contributed by atoms with Crippen LogP contribution in [0.3, 0.4) is 0 Å². The quantitative estimate of drug-likeness (QED) is 0.335. The van der Waals surface area contributed by atoms with E-state index in [9.17, 15) is 9.59 Å². The fraction of sp³-hybridized carbons (Fsp3) is 0.148. The molecule has 6 nitrogen and oxygen atoms in total. The lowest BCUT2D eigenvalue weighted by molar-refractivity contribution is -0.139. The molecule has 8 heteroatoms. The molecule has 1 atom stereocenters. The number of benzene rings is 2. The molecule has 0 radical (unpaired) electrons. The van der Waals surface area contributed by atoms with E-state index in [1.54, 1.807) is 24.5 Å². The summed E-state index contributed by atoms with van der Waals surface area (Å²) in [7, 11) is 0. The Kier molecular flexibility index (Phi) is 6.40. The van der Waals surface area contributed by atoms with Crippen LogP contribution in [0.1, 0.15) is 31.2 Å². The molecule has 0 saturated heterocycles. The Bertz CT molecular complexity index is 1630. The zero-order chi connectivity index (χ0) is 24.5. The van der Waals surface area contributed by atoms with Gasteiger partial charge in [-0.15, -0.1) is 0 Å². The highest BCUT2D eigenvalue weighted by molar-refractivity contribution is 9.10. The van der Waals surface area contributed by atoms with Crippen LogP contribution < -0.4 is 14.9 Å². The topological polar surface area (TPSA) is 73.8 Å². The lowest BCUT2D eigenvalue weighted by Crippen LogP contribution is -2.39. The summed E-state index contributed by atoms with van der Waals surface area (Å²) in [6.07, 6.45) is 1.72. The minimum absolute atomic E-state index is 0.236. The summed E-state index contributed by atoms with van der Waals surface area (Å²) in [5, 5.41) is 0. The van der Waals surface area contributed by atoms with Crippen molar-refractivity contribution in [3.05, 3.63) is 113 Å². The Morgan fingerprint density at radius 3 is 2.71 bits per heavy atom. The molecule has 3 heterocycles. The average Bonchev–Trinajstić information content (AvgIpc) is 3.43. The third-order valence-corrected chi connectivity index (χ3v) is 7.12. The second kappa shape index (κ2) is 9.64. The first kappa shape index (κ1) is 23.3. The third kappa shape index (κ3) is 4.47. The van der Waals surface area contributed by atoms with Crippen molar-refractivity contribution in [2.75, 3.05) is 6.61 Å². The molecular weight excluding hydrogens is 528 g/mol. The predicted octanol–water partition coefficient (Wildman–Crippen LogP) is 4.82. The highest BCUT2D eigenvalue weighted by Crippen LogP contribution is 2.30. The van der Waals surface area contributed by atoms with E-state index >= 15 is 0 Å². The normalized spacial score (nSPS) is 15.6. The monoisotopic (exact) mass is 548 g/mol. The fourth-order valence-corrected chi connectivity index (χ4v) is 5.52. The molecule has 0 spiro atoms. The number of ether oxygens (including phenoxy) is 1. The van der Waals surface area contributed by atoms with Gasteiger partial charge in [0.25, 0.3) is 5.56 Å². The highest BCUT2D eigenvalue weighted by Gasteiger charge is 2.33. The Hall–Kier alpha value is -3.49. The molecule has 5 rings (SSSR count). The average molecular weight is 549 g/mol. The van der Waals surface area contributed by atoms with E-state index in [1.807, 2.05) is 66.7 Å². The minimum Gasteiger partial charge on any atom is -0.463 e. The Balaban J connectivity index is 1.63. The van der Waals surface area contributed by atoms with Crippen molar-refractivity contribution in [1.29, 1.82) is 0 Å². The number of aromatic nitrogens is 1. The van der Waals surface area contributed by atoms with Gasteiger partial charge < -0.3 is 9.15 Å². The second-order valence-corrected chi connectivity index (χ2v) is 9.85. The van der Waals surface area contributed by atoms with Gasteiger partial charge in [-0.2, -0.15) is 0 Å². The molecule has 0 fully saturated rings. The molecule has 2 aromatic carbocycles. The smallest absolute Gasteiger partial charge is 0.338 e. The minimum atomic E-state index is -0.623. The molecule has 0 unspecified atom stereocenters. The van der Waals surface area contributed by atoms with Crippen molar-refractivity contribution < 1.29 is 13.9 Å². The van der Waals surface area contributed by atoms with Crippen LogP contribution in [0.5, 0.6) is 0 Å². The molecular formula is C27H21BrN2O4S. The number of halogens is 1. The van der Waals surface area contributed by atoms with Crippen LogP contribution in [0.2, 0.25) is 0 Å². The van der Waals surface area contributed by atoms with Gasteiger partial charge in [0.1, 0.15) is 11.5 Å². The number of rotatable bonds is 5. The number of thiazole rings is 1. The first-order chi connectivity index (χ1) is 17.0. The first-order valence-electron chi connectivity index (χ1n) is 11.1. The highest BCUT2D eigenvalue weighted by atomic mass is 79.9. The van der Waals surface area contributed by atoms with E-state index in [1.165, 1.54) is 11.3 Å². The number of hydrogen-bond donors (Lipinski definition) is 0. The zero-order valence-electron chi connectivity index (χ0n) is 19.0. The van der Waals surface area contributed by atoms with Crippen molar-refractivity contribution in [2.45, 2.75) is 19.9 Å². The van der Waals surface area contributed by atoms with E-state index in [0.29, 0.717) is 32.1 Å². The number of furan rings is 1. The molecule has 1 aliphatic rings. The molecule has 176 valence electrons. The van der Waals surface area contributed by atoms with Crippen molar-refractivity contribution in [2.24, 2.45) is 4.99 Å². The summed E-state index contributed by atoms with van der Waals surface area (Å²) in [5.74, 6) is 0.789. The molecule has 0 aliphatic carbocycles. The van der Waals surface area contributed by atoms with Gasteiger partial charge in [-0.1, -0.05) is 69.7 Å².